The van der Waals surface area contributed by atoms with E-state index in [1.54, 1.807) is 30.0 Å². The third kappa shape index (κ3) is 11.5. The largest absolute Gasteiger partial charge is 0.456 e. The van der Waals surface area contributed by atoms with Gasteiger partial charge in [-0.05, 0) is 19.5 Å². The van der Waals surface area contributed by atoms with Crippen LogP contribution in [0.2, 0.25) is 0 Å². The number of carbonyl (C=O) groups excluding carboxylic acids is 5. The molecule has 0 bridgehead atoms. The SMILES string of the molecule is CN[C@@H]1CSSCC/C=C/[C@H](CC(=O)NCC=O)OC(=O)CNC(=O)CNC1=O. The van der Waals surface area contributed by atoms with Crippen LogP contribution in [0.4, 0.5) is 0 Å². The zero-order valence-electron chi connectivity index (χ0n) is 16.1. The van der Waals surface area contributed by atoms with Crippen LogP contribution in [0, 0.1) is 0 Å². The van der Waals surface area contributed by atoms with Gasteiger partial charge < -0.3 is 30.8 Å². The number of likely N-dealkylation sites (N-methyl/N-ethyl adjacent to an activating group) is 1. The fourth-order valence-corrected chi connectivity index (χ4v) is 4.36. The van der Waals surface area contributed by atoms with E-state index in [1.165, 1.54) is 10.8 Å². The second-order valence-electron chi connectivity index (χ2n) is 5.86. The van der Waals surface area contributed by atoms with E-state index in [1.807, 2.05) is 0 Å². The van der Waals surface area contributed by atoms with Crippen LogP contribution < -0.4 is 21.3 Å². The standard InChI is InChI=1S/C17H26N4O6S2/c1-18-13-11-29-28-7-3-2-4-12(8-14(23)19-5-6-22)27-16(25)10-20-15(24)9-21-17(13)26/h2,4,6,12-13,18H,3,5,7-11H2,1H3,(H,19,23)(H,20,24)(H,21,26)/b4-2+/t12-,13-/m1/s1. The molecule has 4 N–H and O–H groups in total. The van der Waals surface area contributed by atoms with Crippen molar-refractivity contribution in [1.82, 2.24) is 21.3 Å². The molecule has 0 aromatic carbocycles. The molecular weight excluding hydrogens is 420 g/mol. The zero-order chi connectivity index (χ0) is 21.5. The Bertz CT molecular complexity index is 617. The summed E-state index contributed by atoms with van der Waals surface area (Å²) in [5, 5.41) is 10.2. The summed E-state index contributed by atoms with van der Waals surface area (Å²) in [7, 11) is 4.78. The molecule has 1 rings (SSSR count). The van der Waals surface area contributed by atoms with Gasteiger partial charge in [0.2, 0.25) is 17.7 Å². The molecular formula is C17H26N4O6S2. The fourth-order valence-electron chi connectivity index (χ4n) is 2.12. The summed E-state index contributed by atoms with van der Waals surface area (Å²) in [6.07, 6.45) is 3.71. The van der Waals surface area contributed by atoms with E-state index in [4.69, 9.17) is 4.74 Å². The van der Waals surface area contributed by atoms with Gasteiger partial charge in [0, 0.05) is 11.5 Å². The van der Waals surface area contributed by atoms with Gasteiger partial charge in [-0.15, -0.1) is 0 Å². The second kappa shape index (κ2) is 14.9. The number of ether oxygens (including phenoxy) is 1. The van der Waals surface area contributed by atoms with E-state index in [-0.39, 0.29) is 25.4 Å². The Balaban J connectivity index is 2.72. The van der Waals surface area contributed by atoms with Crippen LogP contribution in [0.1, 0.15) is 12.8 Å². The Morgan fingerprint density at radius 3 is 2.79 bits per heavy atom. The maximum atomic E-state index is 12.1. The number of nitrogens with one attached hydrogen (secondary N) is 4. The number of aldehydes is 1. The lowest BCUT2D eigenvalue weighted by atomic mass is 10.2. The monoisotopic (exact) mass is 446 g/mol. The molecule has 29 heavy (non-hydrogen) atoms. The number of allylic oxidation sites excluding steroid dienone is 1. The molecule has 2 atom stereocenters. The highest BCUT2D eigenvalue weighted by molar-refractivity contribution is 8.76. The summed E-state index contributed by atoms with van der Waals surface area (Å²) < 4.78 is 5.23. The molecule has 1 aliphatic rings. The summed E-state index contributed by atoms with van der Waals surface area (Å²) in [5.41, 5.74) is 0. The number of hydrogen-bond donors (Lipinski definition) is 4. The van der Waals surface area contributed by atoms with Crippen molar-refractivity contribution in [3.8, 4) is 0 Å². The quantitative estimate of drug-likeness (QED) is 0.177. The molecule has 0 aliphatic carbocycles. The van der Waals surface area contributed by atoms with Crippen molar-refractivity contribution in [2.75, 3.05) is 38.2 Å². The number of hydrogen-bond acceptors (Lipinski definition) is 9. The molecule has 1 heterocycles. The van der Waals surface area contributed by atoms with Crippen LogP contribution >= 0.6 is 21.6 Å². The van der Waals surface area contributed by atoms with Gasteiger partial charge in [0.1, 0.15) is 18.9 Å². The highest BCUT2D eigenvalue weighted by atomic mass is 33.1. The normalized spacial score (nSPS) is 23.7. The van der Waals surface area contributed by atoms with Crippen LogP contribution in [0.25, 0.3) is 0 Å². The van der Waals surface area contributed by atoms with Crippen molar-refractivity contribution in [3.63, 3.8) is 0 Å². The molecule has 0 aromatic rings. The van der Waals surface area contributed by atoms with Gasteiger partial charge in [-0.1, -0.05) is 27.7 Å². The minimum absolute atomic E-state index is 0.119. The highest BCUT2D eigenvalue weighted by Gasteiger charge is 2.19. The summed E-state index contributed by atoms with van der Waals surface area (Å²) in [6, 6.07) is -0.439. The number of carbonyl (C=O) groups is 5. The summed E-state index contributed by atoms with van der Waals surface area (Å²) in [5.74, 6) is -0.696. The molecule has 3 amide bonds. The summed E-state index contributed by atoms with van der Waals surface area (Å²) in [6.45, 7) is -0.776. The van der Waals surface area contributed by atoms with E-state index in [9.17, 15) is 24.0 Å². The van der Waals surface area contributed by atoms with Crippen molar-refractivity contribution in [3.05, 3.63) is 12.2 Å². The zero-order valence-corrected chi connectivity index (χ0v) is 17.7. The van der Waals surface area contributed by atoms with Gasteiger partial charge in [0.05, 0.1) is 25.6 Å². The average molecular weight is 447 g/mol. The van der Waals surface area contributed by atoms with E-state index in [0.29, 0.717) is 18.5 Å². The maximum absolute atomic E-state index is 12.1. The first kappa shape index (κ1) is 25.0. The first-order valence-electron chi connectivity index (χ1n) is 8.98. The Hall–Kier alpha value is -2.05. The van der Waals surface area contributed by atoms with Gasteiger partial charge in [-0.25, -0.2) is 0 Å². The Kier molecular flexibility index (Phi) is 12.8. The first-order chi connectivity index (χ1) is 14.0. The minimum atomic E-state index is -0.812. The number of esters is 1. The molecule has 162 valence electrons. The molecule has 0 saturated carbocycles. The van der Waals surface area contributed by atoms with Crippen molar-refractivity contribution in [2.45, 2.75) is 25.0 Å². The molecule has 12 heteroatoms. The van der Waals surface area contributed by atoms with Crippen LogP contribution in [-0.4, -0.2) is 80.3 Å². The minimum Gasteiger partial charge on any atom is -0.456 e. The topological polar surface area (TPSA) is 143 Å². The Labute approximate surface area is 177 Å². The first-order valence-corrected chi connectivity index (χ1v) is 11.5. The average Bonchev–Trinajstić information content (AvgIpc) is 2.70. The molecule has 0 radical (unpaired) electrons. The lowest BCUT2D eigenvalue weighted by molar-refractivity contribution is -0.148. The molecule has 1 aliphatic heterocycles. The van der Waals surface area contributed by atoms with E-state index in [2.05, 4.69) is 21.3 Å². The lowest BCUT2D eigenvalue weighted by Crippen LogP contribution is -2.47. The van der Waals surface area contributed by atoms with Crippen molar-refractivity contribution in [2.24, 2.45) is 0 Å². The Morgan fingerprint density at radius 1 is 1.28 bits per heavy atom. The van der Waals surface area contributed by atoms with Crippen LogP contribution in [-0.2, 0) is 28.7 Å². The van der Waals surface area contributed by atoms with Crippen molar-refractivity contribution in [1.29, 1.82) is 0 Å². The highest BCUT2D eigenvalue weighted by Crippen LogP contribution is 2.23. The smallest absolute Gasteiger partial charge is 0.326 e. The molecule has 0 aromatic heterocycles. The van der Waals surface area contributed by atoms with Gasteiger partial charge in [-0.2, -0.15) is 0 Å². The molecule has 0 fully saturated rings. The summed E-state index contributed by atoms with van der Waals surface area (Å²) >= 11 is 0. The maximum Gasteiger partial charge on any atom is 0.326 e. The van der Waals surface area contributed by atoms with E-state index >= 15 is 0 Å². The molecule has 0 spiro atoms. The van der Waals surface area contributed by atoms with Crippen LogP contribution in [0.15, 0.2) is 12.2 Å². The van der Waals surface area contributed by atoms with Crippen LogP contribution in [0.3, 0.4) is 0 Å². The van der Waals surface area contributed by atoms with Gasteiger partial charge in [0.15, 0.2) is 0 Å². The van der Waals surface area contributed by atoms with Gasteiger partial charge in [-0.3, -0.25) is 19.2 Å². The number of rotatable bonds is 5. The summed E-state index contributed by atoms with van der Waals surface area (Å²) in [4.78, 5) is 58.0. The van der Waals surface area contributed by atoms with Gasteiger partial charge in [0.25, 0.3) is 0 Å². The van der Waals surface area contributed by atoms with E-state index in [0.717, 1.165) is 5.75 Å². The number of amides is 3. The van der Waals surface area contributed by atoms with Crippen LogP contribution in [0.5, 0.6) is 0 Å². The van der Waals surface area contributed by atoms with Crippen molar-refractivity contribution < 1.29 is 28.7 Å². The Morgan fingerprint density at radius 2 is 2.07 bits per heavy atom. The fraction of sp³-hybridized carbons (Fsp3) is 0.588. The molecule has 0 saturated heterocycles. The molecule has 10 nitrogen and oxygen atoms in total. The lowest BCUT2D eigenvalue weighted by Gasteiger charge is -2.15. The predicted molar refractivity (Wildman–Crippen MR) is 111 cm³/mol. The third-order valence-corrected chi connectivity index (χ3v) is 6.05. The van der Waals surface area contributed by atoms with E-state index < -0.39 is 36.5 Å². The van der Waals surface area contributed by atoms with Crippen molar-refractivity contribution >= 4 is 51.6 Å². The second-order valence-corrected chi connectivity index (χ2v) is 8.49. The third-order valence-electron chi connectivity index (χ3n) is 3.61. The van der Waals surface area contributed by atoms with Gasteiger partial charge >= 0.3 is 5.97 Å². The predicted octanol–water partition coefficient (Wildman–Crippen LogP) is -1.23. The molecule has 0 unspecified atom stereocenters. The number of cyclic esters (lactones) is 1.